The Bertz CT molecular complexity index is 674. The minimum Gasteiger partial charge on any atom is -0.493 e. The monoisotopic (exact) mass is 371 g/mol. The van der Waals surface area contributed by atoms with Crippen LogP contribution in [0.25, 0.3) is 0 Å². The molecule has 3 rings (SSSR count). The van der Waals surface area contributed by atoms with Crippen LogP contribution in [0.4, 0.5) is 0 Å². The largest absolute Gasteiger partial charge is 0.493 e. The molecule has 0 amide bonds. The molecule has 0 spiro atoms. The minimum atomic E-state index is 0.465. The van der Waals surface area contributed by atoms with Gasteiger partial charge in [0.2, 0.25) is 5.75 Å². The molecule has 5 nitrogen and oxygen atoms in total. The van der Waals surface area contributed by atoms with Gasteiger partial charge < -0.3 is 24.3 Å². The highest BCUT2D eigenvalue weighted by Crippen LogP contribution is 2.39. The number of rotatable bonds is 9. The first-order valence-electron chi connectivity index (χ1n) is 9.50. The van der Waals surface area contributed by atoms with Crippen LogP contribution in [0.3, 0.4) is 0 Å². The molecule has 1 aliphatic rings. The molecule has 1 fully saturated rings. The van der Waals surface area contributed by atoms with E-state index in [2.05, 4.69) is 5.32 Å². The molecule has 1 saturated heterocycles. The van der Waals surface area contributed by atoms with Crippen molar-refractivity contribution in [1.29, 1.82) is 0 Å². The average molecular weight is 371 g/mol. The van der Waals surface area contributed by atoms with Gasteiger partial charge >= 0.3 is 0 Å². The van der Waals surface area contributed by atoms with E-state index in [1.807, 2.05) is 42.5 Å². The van der Waals surface area contributed by atoms with E-state index >= 15 is 0 Å². The molecule has 2 aromatic carbocycles. The smallest absolute Gasteiger partial charge is 0.203 e. The lowest BCUT2D eigenvalue weighted by Gasteiger charge is -2.22. The van der Waals surface area contributed by atoms with Crippen molar-refractivity contribution in [3.8, 4) is 17.2 Å². The topological polar surface area (TPSA) is 49.0 Å². The number of hydrogen-bond acceptors (Lipinski definition) is 5. The first kappa shape index (κ1) is 19.5. The molecule has 0 aromatic heterocycles. The molecule has 0 aliphatic carbocycles. The predicted molar refractivity (Wildman–Crippen MR) is 106 cm³/mol. The lowest BCUT2D eigenvalue weighted by Crippen LogP contribution is -2.28. The molecule has 5 heteroatoms. The zero-order valence-electron chi connectivity index (χ0n) is 16.2. The van der Waals surface area contributed by atoms with Crippen LogP contribution in [0.1, 0.15) is 24.0 Å². The maximum Gasteiger partial charge on any atom is 0.203 e. The molecule has 2 aromatic rings. The average Bonchev–Trinajstić information content (AvgIpc) is 2.73. The Morgan fingerprint density at radius 2 is 1.78 bits per heavy atom. The van der Waals surface area contributed by atoms with Gasteiger partial charge in [-0.25, -0.2) is 0 Å². The van der Waals surface area contributed by atoms with Crippen LogP contribution >= 0.6 is 0 Å². The highest BCUT2D eigenvalue weighted by Gasteiger charge is 2.16. The summed E-state index contributed by atoms with van der Waals surface area (Å²) < 4.78 is 22.7. The van der Waals surface area contributed by atoms with Gasteiger partial charge in [0.25, 0.3) is 0 Å². The highest BCUT2D eigenvalue weighted by molar-refractivity contribution is 5.54. The van der Waals surface area contributed by atoms with Crippen LogP contribution in [0.5, 0.6) is 17.2 Å². The van der Waals surface area contributed by atoms with Crippen LogP contribution in [-0.2, 0) is 17.9 Å². The summed E-state index contributed by atoms with van der Waals surface area (Å²) in [5, 5.41) is 3.52. The first-order chi connectivity index (χ1) is 13.3. The van der Waals surface area contributed by atoms with E-state index in [0.717, 1.165) is 43.9 Å². The Kier molecular flexibility index (Phi) is 7.36. The first-order valence-corrected chi connectivity index (χ1v) is 9.50. The third-order valence-electron chi connectivity index (χ3n) is 4.76. The van der Waals surface area contributed by atoms with E-state index in [9.17, 15) is 0 Å². The quantitative estimate of drug-likeness (QED) is 0.727. The van der Waals surface area contributed by atoms with E-state index in [4.69, 9.17) is 18.9 Å². The molecule has 0 saturated carbocycles. The van der Waals surface area contributed by atoms with Crippen molar-refractivity contribution in [2.24, 2.45) is 5.92 Å². The highest BCUT2D eigenvalue weighted by atomic mass is 16.5. The Balaban J connectivity index is 1.63. The third-order valence-corrected chi connectivity index (χ3v) is 4.76. The minimum absolute atomic E-state index is 0.465. The number of nitrogens with one attached hydrogen (secondary N) is 1. The fourth-order valence-electron chi connectivity index (χ4n) is 3.30. The second-order valence-electron chi connectivity index (χ2n) is 6.82. The van der Waals surface area contributed by atoms with Crippen molar-refractivity contribution in [2.45, 2.75) is 26.0 Å². The van der Waals surface area contributed by atoms with Gasteiger partial charge in [0.05, 0.1) is 20.8 Å². The van der Waals surface area contributed by atoms with Gasteiger partial charge in [0, 0.05) is 19.7 Å². The molecular formula is C22H29NO4. The fourth-order valence-corrected chi connectivity index (χ4v) is 3.30. The fraction of sp³-hybridized carbons (Fsp3) is 0.455. The van der Waals surface area contributed by atoms with Crippen molar-refractivity contribution in [1.82, 2.24) is 5.32 Å². The second-order valence-corrected chi connectivity index (χ2v) is 6.82. The summed E-state index contributed by atoms with van der Waals surface area (Å²) in [4.78, 5) is 0. The lowest BCUT2D eigenvalue weighted by molar-refractivity contribution is 0.0547. The van der Waals surface area contributed by atoms with Crippen LogP contribution in [0.15, 0.2) is 42.5 Å². The van der Waals surface area contributed by atoms with E-state index in [-0.39, 0.29) is 0 Å². The number of ether oxygens (including phenoxy) is 4. The van der Waals surface area contributed by atoms with Crippen molar-refractivity contribution >= 4 is 0 Å². The Morgan fingerprint density at radius 1 is 1.04 bits per heavy atom. The van der Waals surface area contributed by atoms with E-state index in [1.165, 1.54) is 6.42 Å². The number of methoxy groups -OCH3 is 2. The Morgan fingerprint density at radius 3 is 2.41 bits per heavy atom. The van der Waals surface area contributed by atoms with Crippen LogP contribution < -0.4 is 19.5 Å². The molecule has 1 heterocycles. The summed E-state index contributed by atoms with van der Waals surface area (Å²) in [5.74, 6) is 2.59. The van der Waals surface area contributed by atoms with Gasteiger partial charge in [-0.15, -0.1) is 0 Å². The normalized spacial score (nSPS) is 16.7. The molecular weight excluding hydrogens is 342 g/mol. The second kappa shape index (κ2) is 10.2. The summed E-state index contributed by atoms with van der Waals surface area (Å²) >= 11 is 0. The van der Waals surface area contributed by atoms with Crippen molar-refractivity contribution in [2.75, 3.05) is 34.0 Å². The van der Waals surface area contributed by atoms with Gasteiger partial charge in [0.1, 0.15) is 6.61 Å². The molecule has 146 valence electrons. The van der Waals surface area contributed by atoms with Crippen molar-refractivity contribution in [3.05, 3.63) is 53.6 Å². The summed E-state index contributed by atoms with van der Waals surface area (Å²) in [6, 6.07) is 14.1. The van der Waals surface area contributed by atoms with Gasteiger partial charge in [-0.3, -0.25) is 0 Å². The van der Waals surface area contributed by atoms with Crippen molar-refractivity contribution in [3.63, 3.8) is 0 Å². The molecule has 1 atom stereocenters. The van der Waals surface area contributed by atoms with E-state index in [0.29, 0.717) is 29.8 Å². The molecule has 0 bridgehead atoms. The van der Waals surface area contributed by atoms with E-state index < -0.39 is 0 Å². The summed E-state index contributed by atoms with van der Waals surface area (Å²) in [6.07, 6.45) is 2.38. The van der Waals surface area contributed by atoms with Crippen molar-refractivity contribution < 1.29 is 18.9 Å². The summed E-state index contributed by atoms with van der Waals surface area (Å²) in [7, 11) is 3.31. The summed E-state index contributed by atoms with van der Waals surface area (Å²) in [6.45, 7) is 3.92. The zero-order chi connectivity index (χ0) is 18.9. The standard InChI is InChI=1S/C22H29NO4/c1-24-20-11-19(14-23-13-18-9-6-10-26-15-18)12-21(25-2)22(20)27-16-17-7-4-3-5-8-17/h3-5,7-8,11-12,18,23H,6,9-10,13-16H2,1-2H3. The van der Waals surface area contributed by atoms with Gasteiger partial charge in [-0.05, 0) is 42.0 Å². The maximum atomic E-state index is 6.00. The molecule has 1 unspecified atom stereocenters. The van der Waals surface area contributed by atoms with Gasteiger partial charge in [0.15, 0.2) is 11.5 Å². The van der Waals surface area contributed by atoms with Crippen LogP contribution in [0, 0.1) is 5.92 Å². The Labute approximate surface area is 161 Å². The zero-order valence-corrected chi connectivity index (χ0v) is 16.2. The predicted octanol–water partition coefficient (Wildman–Crippen LogP) is 3.80. The summed E-state index contributed by atoms with van der Waals surface area (Å²) in [5.41, 5.74) is 2.20. The third kappa shape index (κ3) is 5.62. The lowest BCUT2D eigenvalue weighted by atomic mass is 10.0. The number of hydrogen-bond donors (Lipinski definition) is 1. The van der Waals surface area contributed by atoms with Gasteiger partial charge in [-0.1, -0.05) is 30.3 Å². The molecule has 1 N–H and O–H groups in total. The Hall–Kier alpha value is -2.24. The van der Waals surface area contributed by atoms with Gasteiger partial charge in [-0.2, -0.15) is 0 Å². The van der Waals surface area contributed by atoms with E-state index in [1.54, 1.807) is 14.2 Å². The molecule has 27 heavy (non-hydrogen) atoms. The maximum absolute atomic E-state index is 6.00. The number of benzene rings is 2. The van der Waals surface area contributed by atoms with Crippen LogP contribution in [-0.4, -0.2) is 34.0 Å². The molecule has 0 radical (unpaired) electrons. The molecule has 1 aliphatic heterocycles. The SMILES string of the molecule is COc1cc(CNCC2CCCOC2)cc(OC)c1OCc1ccccc1. The van der Waals surface area contributed by atoms with Crippen LogP contribution in [0.2, 0.25) is 0 Å².